The molecule has 23 heavy (non-hydrogen) atoms. The third-order valence-corrected chi connectivity index (χ3v) is 5.14. The molecule has 1 unspecified atom stereocenters. The predicted octanol–water partition coefficient (Wildman–Crippen LogP) is 1.76. The second-order valence-corrected chi connectivity index (χ2v) is 8.91. The van der Waals surface area contributed by atoms with Gasteiger partial charge in [-0.2, -0.15) is 0 Å². The van der Waals surface area contributed by atoms with Crippen LogP contribution >= 0.6 is 11.3 Å². The minimum Gasteiger partial charge on any atom is -0.357 e. The second kappa shape index (κ2) is 9.87. The summed E-state index contributed by atoms with van der Waals surface area (Å²) in [5, 5.41) is 9.66. The minimum atomic E-state index is -2.92. The monoisotopic (exact) mass is 360 g/mol. The summed E-state index contributed by atoms with van der Waals surface area (Å²) in [4.78, 5) is 8.98. The molecule has 0 amide bonds. The summed E-state index contributed by atoms with van der Waals surface area (Å²) in [5.41, 5.74) is 1.07. The van der Waals surface area contributed by atoms with Crippen molar-refractivity contribution in [2.45, 2.75) is 46.1 Å². The van der Waals surface area contributed by atoms with Crippen LogP contribution in [-0.2, 0) is 16.3 Å². The Morgan fingerprint density at radius 3 is 2.78 bits per heavy atom. The third kappa shape index (κ3) is 9.55. The molecule has 1 heterocycles. The molecule has 0 aliphatic rings. The first kappa shape index (κ1) is 19.9. The van der Waals surface area contributed by atoms with Crippen LogP contribution in [0, 0.1) is 6.92 Å². The molecular weight excluding hydrogens is 332 g/mol. The summed E-state index contributed by atoms with van der Waals surface area (Å²) in [5.74, 6) is 0.924. The smallest absolute Gasteiger partial charge is 0.191 e. The van der Waals surface area contributed by atoms with Crippen LogP contribution < -0.4 is 10.6 Å². The first-order valence-electron chi connectivity index (χ1n) is 7.93. The Kier molecular flexibility index (Phi) is 8.54. The van der Waals surface area contributed by atoms with Gasteiger partial charge in [-0.3, -0.25) is 4.99 Å². The van der Waals surface area contributed by atoms with Crippen molar-refractivity contribution in [3.63, 3.8) is 0 Å². The molecule has 8 heteroatoms. The van der Waals surface area contributed by atoms with Crippen LogP contribution in [-0.4, -0.2) is 50.5 Å². The van der Waals surface area contributed by atoms with Crippen LogP contribution in [0.1, 0.15) is 37.4 Å². The number of sulfone groups is 1. The number of thiazole rings is 1. The summed E-state index contributed by atoms with van der Waals surface area (Å²) in [7, 11) is -2.92. The lowest BCUT2D eigenvalue weighted by molar-refractivity contribution is 0.581. The molecule has 1 aromatic rings. The van der Waals surface area contributed by atoms with Crippen LogP contribution in [0.15, 0.2) is 10.4 Å². The molecular formula is C15H28N4O2S2. The van der Waals surface area contributed by atoms with E-state index in [1.807, 2.05) is 20.8 Å². The van der Waals surface area contributed by atoms with E-state index < -0.39 is 9.84 Å². The van der Waals surface area contributed by atoms with Gasteiger partial charge >= 0.3 is 0 Å². The third-order valence-electron chi connectivity index (χ3n) is 3.13. The molecule has 0 spiro atoms. The highest BCUT2D eigenvalue weighted by molar-refractivity contribution is 7.90. The molecule has 6 nitrogen and oxygen atoms in total. The standard InChI is InChI=1S/C15H28N4O2S2/c1-5-16-15(19-12(2)8-10-23(4,20)21)17-9-6-7-14-18-13(3)11-22-14/h11-12H,5-10H2,1-4H3,(H2,16,17,19). The fourth-order valence-electron chi connectivity index (χ4n) is 1.96. The number of rotatable bonds is 9. The molecule has 132 valence electrons. The number of aliphatic imine (C=N–C) groups is 1. The van der Waals surface area contributed by atoms with Gasteiger partial charge in [0.2, 0.25) is 0 Å². The van der Waals surface area contributed by atoms with Crippen LogP contribution in [0.2, 0.25) is 0 Å². The van der Waals surface area contributed by atoms with Crippen molar-refractivity contribution in [1.82, 2.24) is 15.6 Å². The lowest BCUT2D eigenvalue weighted by Gasteiger charge is -2.17. The van der Waals surface area contributed by atoms with Gasteiger partial charge in [-0.15, -0.1) is 11.3 Å². The van der Waals surface area contributed by atoms with Crippen LogP contribution in [0.4, 0.5) is 0 Å². The van der Waals surface area contributed by atoms with E-state index in [0.29, 0.717) is 13.0 Å². The normalized spacial score (nSPS) is 13.8. The summed E-state index contributed by atoms with van der Waals surface area (Å²) < 4.78 is 22.4. The molecule has 0 aromatic carbocycles. The zero-order valence-electron chi connectivity index (χ0n) is 14.4. The van der Waals surface area contributed by atoms with E-state index in [1.165, 1.54) is 6.26 Å². The Morgan fingerprint density at radius 2 is 2.22 bits per heavy atom. The molecule has 0 saturated carbocycles. The largest absolute Gasteiger partial charge is 0.357 e. The average Bonchev–Trinajstić information content (AvgIpc) is 2.86. The van der Waals surface area contributed by atoms with E-state index in [-0.39, 0.29) is 11.8 Å². The van der Waals surface area contributed by atoms with Gasteiger partial charge in [-0.25, -0.2) is 13.4 Å². The number of aryl methyl sites for hydroxylation is 2. The Bertz CT molecular complexity index is 596. The fourth-order valence-corrected chi connectivity index (χ4v) is 3.55. The summed E-state index contributed by atoms with van der Waals surface area (Å²) >= 11 is 1.69. The van der Waals surface area contributed by atoms with Crippen molar-refractivity contribution < 1.29 is 8.42 Å². The number of hydrogen-bond donors (Lipinski definition) is 2. The van der Waals surface area contributed by atoms with Crippen molar-refractivity contribution in [3.8, 4) is 0 Å². The molecule has 2 N–H and O–H groups in total. The average molecular weight is 361 g/mol. The Hall–Kier alpha value is -1.15. The molecule has 0 bridgehead atoms. The lowest BCUT2D eigenvalue weighted by Crippen LogP contribution is -2.42. The summed E-state index contributed by atoms with van der Waals surface area (Å²) in [6.07, 6.45) is 3.72. The van der Waals surface area contributed by atoms with Crippen LogP contribution in [0.5, 0.6) is 0 Å². The topological polar surface area (TPSA) is 83.4 Å². The second-order valence-electron chi connectivity index (χ2n) is 5.71. The first-order chi connectivity index (χ1) is 10.8. The Labute approximate surface area is 143 Å². The minimum absolute atomic E-state index is 0.0594. The number of hydrogen-bond acceptors (Lipinski definition) is 5. The Balaban J connectivity index is 2.39. The van der Waals surface area contributed by atoms with Crippen LogP contribution in [0.25, 0.3) is 0 Å². The molecule has 0 aliphatic heterocycles. The maximum atomic E-state index is 11.2. The maximum absolute atomic E-state index is 11.2. The van der Waals surface area contributed by atoms with Gasteiger partial charge in [-0.1, -0.05) is 0 Å². The molecule has 0 radical (unpaired) electrons. The van der Waals surface area contributed by atoms with E-state index >= 15 is 0 Å². The highest BCUT2D eigenvalue weighted by atomic mass is 32.2. The van der Waals surface area contributed by atoms with Gasteiger partial charge < -0.3 is 10.6 Å². The van der Waals surface area contributed by atoms with Crippen molar-refractivity contribution in [1.29, 1.82) is 0 Å². The molecule has 1 rings (SSSR count). The first-order valence-corrected chi connectivity index (χ1v) is 10.9. The van der Waals surface area contributed by atoms with Crippen molar-refractivity contribution in [3.05, 3.63) is 16.1 Å². The fraction of sp³-hybridized carbons (Fsp3) is 0.733. The van der Waals surface area contributed by atoms with E-state index in [0.717, 1.165) is 36.0 Å². The lowest BCUT2D eigenvalue weighted by atomic mass is 10.3. The molecule has 0 aliphatic carbocycles. The quantitative estimate of drug-likeness (QED) is 0.398. The van der Waals surface area contributed by atoms with Crippen molar-refractivity contribution in [2.75, 3.05) is 25.1 Å². The van der Waals surface area contributed by atoms with Crippen molar-refractivity contribution in [2.24, 2.45) is 4.99 Å². The van der Waals surface area contributed by atoms with E-state index in [9.17, 15) is 8.42 Å². The number of nitrogens with one attached hydrogen (secondary N) is 2. The number of nitrogens with zero attached hydrogens (tertiary/aromatic N) is 2. The zero-order valence-corrected chi connectivity index (χ0v) is 16.1. The van der Waals surface area contributed by atoms with Gasteiger partial charge in [0.15, 0.2) is 5.96 Å². The SMILES string of the molecule is CCNC(=NCCCc1nc(C)cs1)NC(C)CCS(C)(=O)=O. The van der Waals surface area contributed by atoms with Gasteiger partial charge in [0.1, 0.15) is 9.84 Å². The van der Waals surface area contributed by atoms with Crippen LogP contribution in [0.3, 0.4) is 0 Å². The van der Waals surface area contributed by atoms with Gasteiger partial charge in [0.25, 0.3) is 0 Å². The number of guanidine groups is 1. The van der Waals surface area contributed by atoms with E-state index in [2.05, 4.69) is 26.0 Å². The van der Waals surface area contributed by atoms with Gasteiger partial charge in [-0.05, 0) is 33.6 Å². The highest BCUT2D eigenvalue weighted by Crippen LogP contribution is 2.10. The predicted molar refractivity (Wildman–Crippen MR) is 98.1 cm³/mol. The van der Waals surface area contributed by atoms with E-state index in [1.54, 1.807) is 11.3 Å². The molecule has 1 aromatic heterocycles. The highest BCUT2D eigenvalue weighted by Gasteiger charge is 2.09. The molecule has 0 fully saturated rings. The van der Waals surface area contributed by atoms with E-state index in [4.69, 9.17) is 0 Å². The Morgan fingerprint density at radius 1 is 1.48 bits per heavy atom. The molecule has 0 saturated heterocycles. The molecule has 1 atom stereocenters. The van der Waals surface area contributed by atoms with Gasteiger partial charge in [0.05, 0.1) is 10.8 Å². The van der Waals surface area contributed by atoms with Crippen molar-refractivity contribution >= 4 is 27.1 Å². The summed E-state index contributed by atoms with van der Waals surface area (Å²) in [6, 6.07) is 0.0594. The number of aromatic nitrogens is 1. The van der Waals surface area contributed by atoms with Gasteiger partial charge in [0, 0.05) is 42.9 Å². The maximum Gasteiger partial charge on any atom is 0.191 e. The summed E-state index contributed by atoms with van der Waals surface area (Å²) in [6.45, 7) is 7.47. The zero-order chi connectivity index (χ0) is 17.3.